The van der Waals surface area contributed by atoms with Crippen LogP contribution in [0.4, 0.5) is 0 Å². The smallest absolute Gasteiger partial charge is 0.148 e. The Morgan fingerprint density at radius 1 is 1.18 bits per heavy atom. The van der Waals surface area contributed by atoms with Crippen LogP contribution < -0.4 is 9.47 Å². The van der Waals surface area contributed by atoms with E-state index in [0.29, 0.717) is 17.2 Å². The number of ether oxygens (including phenoxy) is 2. The van der Waals surface area contributed by atoms with E-state index in [0.717, 1.165) is 28.0 Å². The van der Waals surface area contributed by atoms with Crippen LogP contribution >= 0.6 is 15.9 Å². The molecule has 0 bridgehead atoms. The third-order valence-electron chi connectivity index (χ3n) is 3.64. The molecule has 0 aliphatic carbocycles. The molecule has 0 heterocycles. The number of nitriles is 1. The van der Waals surface area contributed by atoms with Crippen molar-refractivity contribution in [1.82, 2.24) is 0 Å². The van der Waals surface area contributed by atoms with Gasteiger partial charge >= 0.3 is 0 Å². The van der Waals surface area contributed by atoms with Crippen molar-refractivity contribution in [3.8, 4) is 23.3 Å². The second-order valence-electron chi connectivity index (χ2n) is 5.04. The summed E-state index contributed by atoms with van der Waals surface area (Å²) in [6.45, 7) is 4.28. The molecule has 0 aromatic heterocycles. The van der Waals surface area contributed by atoms with Gasteiger partial charge in [0.05, 0.1) is 23.2 Å². The summed E-state index contributed by atoms with van der Waals surface area (Å²) in [5.41, 5.74) is 1.66. The fourth-order valence-electron chi connectivity index (χ4n) is 2.22. The SMILES string of the molecule is CCC(C)c1c(OC)ccc(Br)c1Oc1ccc(C#N)cc1. The molecule has 2 aromatic rings. The number of rotatable bonds is 5. The predicted molar refractivity (Wildman–Crippen MR) is 90.6 cm³/mol. The standard InChI is InChI=1S/C18H18BrNO2/c1-4-12(2)17-16(21-3)10-9-15(19)18(17)22-14-7-5-13(11-20)6-8-14/h5-10,12H,4H2,1-3H3. The Morgan fingerprint density at radius 3 is 2.41 bits per heavy atom. The highest BCUT2D eigenvalue weighted by atomic mass is 79.9. The third-order valence-corrected chi connectivity index (χ3v) is 4.26. The molecule has 4 heteroatoms. The van der Waals surface area contributed by atoms with Crippen molar-refractivity contribution in [2.24, 2.45) is 0 Å². The Labute approximate surface area is 139 Å². The first-order chi connectivity index (χ1) is 10.6. The lowest BCUT2D eigenvalue weighted by atomic mass is 9.96. The molecule has 3 nitrogen and oxygen atoms in total. The number of methoxy groups -OCH3 is 1. The quantitative estimate of drug-likeness (QED) is 0.693. The molecule has 0 fully saturated rings. The van der Waals surface area contributed by atoms with E-state index >= 15 is 0 Å². The van der Waals surface area contributed by atoms with E-state index in [2.05, 4.69) is 35.8 Å². The Hall–Kier alpha value is -1.99. The summed E-state index contributed by atoms with van der Waals surface area (Å²) >= 11 is 3.56. The molecular formula is C18H18BrNO2. The van der Waals surface area contributed by atoms with Gasteiger partial charge in [0.25, 0.3) is 0 Å². The molecule has 114 valence electrons. The lowest BCUT2D eigenvalue weighted by molar-refractivity contribution is 0.395. The maximum atomic E-state index is 8.86. The molecule has 0 spiro atoms. The summed E-state index contributed by atoms with van der Waals surface area (Å²) in [6, 6.07) is 13.0. The minimum atomic E-state index is 0.306. The van der Waals surface area contributed by atoms with Crippen LogP contribution in [0.5, 0.6) is 17.2 Å². The van der Waals surface area contributed by atoms with Crippen molar-refractivity contribution in [2.45, 2.75) is 26.2 Å². The molecule has 0 amide bonds. The van der Waals surface area contributed by atoms with Crippen LogP contribution in [0.25, 0.3) is 0 Å². The summed E-state index contributed by atoms with van der Waals surface area (Å²) in [4.78, 5) is 0. The van der Waals surface area contributed by atoms with E-state index in [-0.39, 0.29) is 0 Å². The zero-order valence-corrected chi connectivity index (χ0v) is 14.5. The molecule has 0 saturated heterocycles. The average molecular weight is 360 g/mol. The molecule has 1 atom stereocenters. The lowest BCUT2D eigenvalue weighted by Gasteiger charge is -2.20. The maximum Gasteiger partial charge on any atom is 0.148 e. The van der Waals surface area contributed by atoms with E-state index in [9.17, 15) is 0 Å². The molecule has 0 radical (unpaired) electrons. The van der Waals surface area contributed by atoms with Gasteiger partial charge in [-0.3, -0.25) is 0 Å². The van der Waals surface area contributed by atoms with Crippen LogP contribution in [0.1, 0.15) is 37.3 Å². The minimum Gasteiger partial charge on any atom is -0.496 e. The van der Waals surface area contributed by atoms with Crippen LogP contribution in [0, 0.1) is 11.3 Å². The first-order valence-electron chi connectivity index (χ1n) is 7.15. The maximum absolute atomic E-state index is 8.86. The van der Waals surface area contributed by atoms with Gasteiger partial charge in [-0.25, -0.2) is 0 Å². The highest BCUT2D eigenvalue weighted by Crippen LogP contribution is 2.43. The van der Waals surface area contributed by atoms with Gasteiger partial charge in [-0.15, -0.1) is 0 Å². The summed E-state index contributed by atoms with van der Waals surface area (Å²) < 4.78 is 12.4. The Bertz CT molecular complexity index is 689. The van der Waals surface area contributed by atoms with Gasteiger partial charge in [-0.1, -0.05) is 13.8 Å². The molecule has 2 aromatic carbocycles. The zero-order valence-electron chi connectivity index (χ0n) is 12.9. The van der Waals surface area contributed by atoms with E-state index in [1.807, 2.05) is 12.1 Å². The minimum absolute atomic E-state index is 0.306. The van der Waals surface area contributed by atoms with Crippen molar-refractivity contribution in [3.63, 3.8) is 0 Å². The van der Waals surface area contributed by atoms with Gasteiger partial charge in [0, 0.05) is 5.56 Å². The summed E-state index contributed by atoms with van der Waals surface area (Å²) in [6.07, 6.45) is 0.983. The van der Waals surface area contributed by atoms with Crippen molar-refractivity contribution in [3.05, 3.63) is 52.0 Å². The highest BCUT2D eigenvalue weighted by molar-refractivity contribution is 9.10. The topological polar surface area (TPSA) is 42.2 Å². The predicted octanol–water partition coefficient (Wildman–Crippen LogP) is 5.64. The Kier molecular flexibility index (Phi) is 5.46. The van der Waals surface area contributed by atoms with Crippen molar-refractivity contribution < 1.29 is 9.47 Å². The molecule has 0 aliphatic heterocycles. The van der Waals surface area contributed by atoms with E-state index < -0.39 is 0 Å². The van der Waals surface area contributed by atoms with E-state index in [1.165, 1.54) is 0 Å². The zero-order chi connectivity index (χ0) is 16.1. The van der Waals surface area contributed by atoms with E-state index in [1.54, 1.807) is 31.4 Å². The highest BCUT2D eigenvalue weighted by Gasteiger charge is 2.19. The fourth-order valence-corrected chi connectivity index (χ4v) is 2.65. The summed E-state index contributed by atoms with van der Waals surface area (Å²) in [7, 11) is 1.67. The summed E-state index contributed by atoms with van der Waals surface area (Å²) in [5, 5.41) is 8.86. The lowest BCUT2D eigenvalue weighted by Crippen LogP contribution is -2.01. The van der Waals surface area contributed by atoms with Crippen LogP contribution in [-0.2, 0) is 0 Å². The molecule has 0 N–H and O–H groups in total. The number of hydrogen-bond donors (Lipinski definition) is 0. The second-order valence-corrected chi connectivity index (χ2v) is 5.89. The van der Waals surface area contributed by atoms with Crippen molar-refractivity contribution in [1.29, 1.82) is 5.26 Å². The third kappa shape index (κ3) is 3.42. The van der Waals surface area contributed by atoms with Crippen LogP contribution in [0.3, 0.4) is 0 Å². The first kappa shape index (κ1) is 16.4. The fraction of sp³-hybridized carbons (Fsp3) is 0.278. The van der Waals surface area contributed by atoms with Gasteiger partial charge in [0.15, 0.2) is 0 Å². The van der Waals surface area contributed by atoms with Crippen molar-refractivity contribution in [2.75, 3.05) is 7.11 Å². The van der Waals surface area contributed by atoms with Gasteiger partial charge in [0.1, 0.15) is 17.2 Å². The Morgan fingerprint density at radius 2 is 1.86 bits per heavy atom. The molecule has 0 aliphatic rings. The van der Waals surface area contributed by atoms with Gasteiger partial charge in [-0.05, 0) is 64.7 Å². The number of hydrogen-bond acceptors (Lipinski definition) is 3. The molecule has 22 heavy (non-hydrogen) atoms. The van der Waals surface area contributed by atoms with Crippen LogP contribution in [0.2, 0.25) is 0 Å². The van der Waals surface area contributed by atoms with Crippen molar-refractivity contribution >= 4 is 15.9 Å². The van der Waals surface area contributed by atoms with Gasteiger partial charge < -0.3 is 9.47 Å². The molecule has 0 saturated carbocycles. The molecular weight excluding hydrogens is 342 g/mol. The molecule has 1 unspecified atom stereocenters. The number of nitrogens with zero attached hydrogens (tertiary/aromatic N) is 1. The average Bonchev–Trinajstić information content (AvgIpc) is 2.56. The normalized spacial score (nSPS) is 11.6. The van der Waals surface area contributed by atoms with Gasteiger partial charge in [0.2, 0.25) is 0 Å². The largest absolute Gasteiger partial charge is 0.496 e. The van der Waals surface area contributed by atoms with Crippen LogP contribution in [-0.4, -0.2) is 7.11 Å². The van der Waals surface area contributed by atoms with Crippen LogP contribution in [0.15, 0.2) is 40.9 Å². The first-order valence-corrected chi connectivity index (χ1v) is 7.94. The molecule has 2 rings (SSSR count). The second kappa shape index (κ2) is 7.33. The monoisotopic (exact) mass is 359 g/mol. The number of benzene rings is 2. The number of halogens is 1. The Balaban J connectivity index is 2.46. The van der Waals surface area contributed by atoms with E-state index in [4.69, 9.17) is 14.7 Å². The summed E-state index contributed by atoms with van der Waals surface area (Å²) in [5.74, 6) is 2.58. The van der Waals surface area contributed by atoms with Gasteiger partial charge in [-0.2, -0.15) is 5.26 Å².